The van der Waals surface area contributed by atoms with Gasteiger partial charge in [0.15, 0.2) is 0 Å². The van der Waals surface area contributed by atoms with Gasteiger partial charge in [-0.1, -0.05) is 29.8 Å². The molecule has 1 aliphatic rings. The standard InChI is InChI=1S/C22H24ClN3O4S/c1-15-14-26(10-11-30-15)22(27)21(12-16-13-24-20-5-3-2-4-19(16)20)25-31(28,29)18-8-6-17(23)7-9-18/h2-9,13,15,21,24-25H,10-12,14H2,1H3/t15-,21-/m0/s1. The van der Waals surface area contributed by atoms with Crippen LogP contribution in [0.15, 0.2) is 59.6 Å². The number of aromatic nitrogens is 1. The molecule has 1 aliphatic heterocycles. The normalized spacial score (nSPS) is 18.3. The number of sulfonamides is 1. The smallest absolute Gasteiger partial charge is 0.241 e. The van der Waals surface area contributed by atoms with Crippen molar-refractivity contribution in [2.75, 3.05) is 19.7 Å². The van der Waals surface area contributed by atoms with Crippen LogP contribution < -0.4 is 4.72 Å². The molecule has 9 heteroatoms. The lowest BCUT2D eigenvalue weighted by molar-refractivity contribution is -0.139. The van der Waals surface area contributed by atoms with Gasteiger partial charge in [0.25, 0.3) is 0 Å². The molecule has 2 atom stereocenters. The lowest BCUT2D eigenvalue weighted by atomic mass is 10.0. The molecule has 0 bridgehead atoms. The number of carbonyl (C=O) groups excluding carboxylic acids is 1. The van der Waals surface area contributed by atoms with E-state index >= 15 is 0 Å². The maximum Gasteiger partial charge on any atom is 0.241 e. The van der Waals surface area contributed by atoms with Crippen LogP contribution >= 0.6 is 11.6 Å². The summed E-state index contributed by atoms with van der Waals surface area (Å²) >= 11 is 5.89. The lowest BCUT2D eigenvalue weighted by Gasteiger charge is -2.33. The summed E-state index contributed by atoms with van der Waals surface area (Å²) in [4.78, 5) is 18.3. The summed E-state index contributed by atoms with van der Waals surface area (Å²) in [7, 11) is -3.93. The molecule has 1 saturated heterocycles. The van der Waals surface area contributed by atoms with Crippen molar-refractivity contribution in [3.63, 3.8) is 0 Å². The summed E-state index contributed by atoms with van der Waals surface area (Å²) in [5, 5.41) is 1.40. The highest BCUT2D eigenvalue weighted by Gasteiger charge is 2.32. The molecule has 2 N–H and O–H groups in total. The summed E-state index contributed by atoms with van der Waals surface area (Å²) in [6, 6.07) is 12.6. The Kier molecular flexibility index (Phi) is 6.34. The Bertz CT molecular complexity index is 1180. The zero-order valence-electron chi connectivity index (χ0n) is 17.0. The molecule has 31 heavy (non-hydrogen) atoms. The fourth-order valence-electron chi connectivity index (χ4n) is 3.81. The number of nitrogens with zero attached hydrogens (tertiary/aromatic N) is 1. The van der Waals surface area contributed by atoms with Crippen molar-refractivity contribution in [1.29, 1.82) is 0 Å². The number of hydrogen-bond acceptors (Lipinski definition) is 4. The van der Waals surface area contributed by atoms with Crippen LogP contribution in [0.3, 0.4) is 0 Å². The molecule has 4 rings (SSSR count). The molecule has 3 aromatic rings. The number of H-pyrrole nitrogens is 1. The van der Waals surface area contributed by atoms with Gasteiger partial charge in [0, 0.05) is 35.2 Å². The number of hydrogen-bond donors (Lipinski definition) is 2. The van der Waals surface area contributed by atoms with Gasteiger partial charge in [-0.05, 0) is 49.2 Å². The number of morpholine rings is 1. The minimum atomic E-state index is -3.93. The molecule has 0 aliphatic carbocycles. The third-order valence-corrected chi connectivity index (χ3v) is 7.11. The third-order valence-electron chi connectivity index (χ3n) is 5.37. The van der Waals surface area contributed by atoms with Crippen molar-refractivity contribution >= 4 is 38.4 Å². The summed E-state index contributed by atoms with van der Waals surface area (Å²) in [6.07, 6.45) is 1.95. The first-order valence-electron chi connectivity index (χ1n) is 10.1. The molecule has 1 fully saturated rings. The number of fused-ring (bicyclic) bond motifs is 1. The van der Waals surface area contributed by atoms with E-state index in [1.807, 2.05) is 37.4 Å². The first kappa shape index (κ1) is 21.8. The summed E-state index contributed by atoms with van der Waals surface area (Å²) < 4.78 is 34.2. The van der Waals surface area contributed by atoms with Gasteiger partial charge in [0.1, 0.15) is 6.04 Å². The Morgan fingerprint density at radius 2 is 2.00 bits per heavy atom. The van der Waals surface area contributed by atoms with Crippen LogP contribution in [0.2, 0.25) is 5.02 Å². The number of halogens is 1. The molecule has 0 radical (unpaired) electrons. The highest BCUT2D eigenvalue weighted by atomic mass is 35.5. The van der Waals surface area contributed by atoms with Crippen molar-refractivity contribution < 1.29 is 17.9 Å². The minimum Gasteiger partial charge on any atom is -0.375 e. The zero-order valence-corrected chi connectivity index (χ0v) is 18.6. The quantitative estimate of drug-likeness (QED) is 0.590. The number of rotatable bonds is 6. The average molecular weight is 462 g/mol. The molecule has 2 aromatic carbocycles. The first-order chi connectivity index (χ1) is 14.8. The summed E-state index contributed by atoms with van der Waals surface area (Å²) in [6.45, 7) is 3.17. The zero-order chi connectivity index (χ0) is 22.0. The van der Waals surface area contributed by atoms with E-state index in [2.05, 4.69) is 9.71 Å². The van der Waals surface area contributed by atoms with E-state index < -0.39 is 16.1 Å². The van der Waals surface area contributed by atoms with E-state index in [0.717, 1.165) is 16.5 Å². The molecule has 0 unspecified atom stereocenters. The number of nitrogens with one attached hydrogen (secondary N) is 2. The fourth-order valence-corrected chi connectivity index (χ4v) is 5.12. The number of aromatic amines is 1. The van der Waals surface area contributed by atoms with Crippen molar-refractivity contribution in [3.05, 3.63) is 65.3 Å². The molecule has 1 amide bonds. The van der Waals surface area contributed by atoms with Crippen molar-refractivity contribution in [2.45, 2.75) is 30.4 Å². The van der Waals surface area contributed by atoms with Gasteiger partial charge in [-0.15, -0.1) is 0 Å². The van der Waals surface area contributed by atoms with Crippen LogP contribution in [0.1, 0.15) is 12.5 Å². The molecular weight excluding hydrogens is 438 g/mol. The van der Waals surface area contributed by atoms with Crippen molar-refractivity contribution in [2.24, 2.45) is 0 Å². The molecule has 164 valence electrons. The Labute approximate surface area is 186 Å². The van der Waals surface area contributed by atoms with Crippen LogP contribution in [0, 0.1) is 0 Å². The van der Waals surface area contributed by atoms with Gasteiger partial charge in [0.2, 0.25) is 15.9 Å². The van der Waals surface area contributed by atoms with E-state index in [1.165, 1.54) is 24.3 Å². The third kappa shape index (κ3) is 4.93. The van der Waals surface area contributed by atoms with Crippen molar-refractivity contribution in [3.8, 4) is 0 Å². The predicted molar refractivity (Wildman–Crippen MR) is 120 cm³/mol. The second-order valence-electron chi connectivity index (χ2n) is 7.66. The largest absolute Gasteiger partial charge is 0.375 e. The first-order valence-corrected chi connectivity index (χ1v) is 11.9. The Balaban J connectivity index is 1.64. The maximum absolute atomic E-state index is 13.4. The van der Waals surface area contributed by atoms with E-state index in [4.69, 9.17) is 16.3 Å². The lowest BCUT2D eigenvalue weighted by Crippen LogP contribution is -2.54. The Morgan fingerprint density at radius 1 is 1.26 bits per heavy atom. The summed E-state index contributed by atoms with van der Waals surface area (Å²) in [5.74, 6) is -0.266. The van der Waals surface area contributed by atoms with E-state index in [1.54, 1.807) is 4.90 Å². The fraction of sp³-hybridized carbons (Fsp3) is 0.318. The van der Waals surface area contributed by atoms with Gasteiger partial charge in [0.05, 0.1) is 17.6 Å². The number of ether oxygens (including phenoxy) is 1. The monoisotopic (exact) mass is 461 g/mol. The molecule has 7 nitrogen and oxygen atoms in total. The topological polar surface area (TPSA) is 91.5 Å². The molecular formula is C22H24ClN3O4S. The highest BCUT2D eigenvalue weighted by molar-refractivity contribution is 7.89. The van der Waals surface area contributed by atoms with Gasteiger partial charge in [-0.25, -0.2) is 8.42 Å². The number of para-hydroxylation sites is 1. The van der Waals surface area contributed by atoms with Gasteiger partial charge in [-0.2, -0.15) is 4.72 Å². The second-order valence-corrected chi connectivity index (χ2v) is 9.81. The number of amides is 1. The highest BCUT2D eigenvalue weighted by Crippen LogP contribution is 2.21. The van der Waals surface area contributed by atoms with Crippen LogP contribution in [0.25, 0.3) is 10.9 Å². The van der Waals surface area contributed by atoms with E-state index in [0.29, 0.717) is 24.7 Å². The maximum atomic E-state index is 13.4. The average Bonchev–Trinajstić information content (AvgIpc) is 3.16. The van der Waals surface area contributed by atoms with E-state index in [-0.39, 0.29) is 23.3 Å². The minimum absolute atomic E-state index is 0.0592. The molecule has 0 spiro atoms. The van der Waals surface area contributed by atoms with Crippen LogP contribution in [-0.2, 0) is 26.0 Å². The van der Waals surface area contributed by atoms with Crippen LogP contribution in [0.4, 0.5) is 0 Å². The SMILES string of the molecule is C[C@H]1CN(C(=O)[C@H](Cc2c[nH]c3ccccc23)NS(=O)(=O)c2ccc(Cl)cc2)CCO1. The Hall–Kier alpha value is -2.39. The van der Waals surface area contributed by atoms with Crippen molar-refractivity contribution in [1.82, 2.24) is 14.6 Å². The number of carbonyl (C=O) groups is 1. The molecule has 0 saturated carbocycles. The Morgan fingerprint density at radius 3 is 2.74 bits per heavy atom. The van der Waals surface area contributed by atoms with Crippen LogP contribution in [-0.4, -0.2) is 56.1 Å². The molecule has 1 aromatic heterocycles. The van der Waals surface area contributed by atoms with Gasteiger partial charge >= 0.3 is 0 Å². The van der Waals surface area contributed by atoms with Gasteiger partial charge in [-0.3, -0.25) is 4.79 Å². The second kappa shape index (κ2) is 9.00. The number of benzene rings is 2. The molecule has 2 heterocycles. The predicted octanol–water partition coefficient (Wildman–Crippen LogP) is 2.96. The summed E-state index contributed by atoms with van der Waals surface area (Å²) in [5.41, 5.74) is 1.80. The van der Waals surface area contributed by atoms with Crippen LogP contribution in [0.5, 0.6) is 0 Å². The van der Waals surface area contributed by atoms with Gasteiger partial charge < -0.3 is 14.6 Å². The van der Waals surface area contributed by atoms with E-state index in [9.17, 15) is 13.2 Å².